The highest BCUT2D eigenvalue weighted by atomic mass is 32.2. The molecule has 1 aliphatic heterocycles. The second-order valence-corrected chi connectivity index (χ2v) is 3.38. The van der Waals surface area contributed by atoms with E-state index >= 15 is 0 Å². The molecule has 4 heteroatoms. The smallest absolute Gasteiger partial charge is 0.404 e. The molecule has 0 saturated carbocycles. The van der Waals surface area contributed by atoms with E-state index in [1.54, 1.807) is 0 Å². The first-order valence-electron chi connectivity index (χ1n) is 2.87. The number of thioether (sulfide) groups is 1. The van der Waals surface area contributed by atoms with Crippen molar-refractivity contribution in [3.8, 4) is 0 Å². The topological polar surface area (TPSA) is 49.3 Å². The van der Waals surface area contributed by atoms with Crippen LogP contribution in [0, 0.1) is 0 Å². The van der Waals surface area contributed by atoms with E-state index < -0.39 is 6.09 Å². The minimum Gasteiger partial charge on any atom is -0.465 e. The average Bonchev–Trinajstić information content (AvgIpc) is 1.60. The number of hydrogen-bond donors (Lipinski definition) is 2. The maximum Gasteiger partial charge on any atom is 0.404 e. The molecule has 52 valence electrons. The molecule has 3 nitrogen and oxygen atoms in total. The van der Waals surface area contributed by atoms with Gasteiger partial charge in [0.05, 0.1) is 0 Å². The third-order valence-corrected chi connectivity index (χ3v) is 2.62. The van der Waals surface area contributed by atoms with Gasteiger partial charge in [-0.25, -0.2) is 4.79 Å². The van der Waals surface area contributed by atoms with Crippen LogP contribution in [-0.2, 0) is 0 Å². The zero-order valence-corrected chi connectivity index (χ0v) is 5.78. The van der Waals surface area contributed by atoms with Gasteiger partial charge in [0.15, 0.2) is 0 Å². The maximum absolute atomic E-state index is 9.92. The molecule has 1 rings (SSSR count). The Labute approximate surface area is 57.8 Å². The van der Waals surface area contributed by atoms with Crippen LogP contribution in [0.2, 0.25) is 0 Å². The van der Waals surface area contributed by atoms with Crippen molar-refractivity contribution in [1.29, 1.82) is 0 Å². The van der Waals surface area contributed by atoms with Crippen LogP contribution in [0.15, 0.2) is 0 Å². The molecule has 0 aromatic rings. The summed E-state index contributed by atoms with van der Waals surface area (Å²) in [7, 11) is 0. The summed E-state index contributed by atoms with van der Waals surface area (Å²) in [5.41, 5.74) is 0. The van der Waals surface area contributed by atoms with E-state index in [2.05, 4.69) is 5.32 Å². The molecule has 0 spiro atoms. The van der Waals surface area contributed by atoms with Gasteiger partial charge in [-0.2, -0.15) is 11.8 Å². The van der Waals surface area contributed by atoms with Gasteiger partial charge in [0.1, 0.15) is 0 Å². The molecular formula is C5H9NO2S. The first kappa shape index (κ1) is 6.74. The molecule has 2 N–H and O–H groups in total. The number of rotatable bonds is 2. The molecule has 1 saturated heterocycles. The van der Waals surface area contributed by atoms with Crippen LogP contribution in [0.5, 0.6) is 0 Å². The van der Waals surface area contributed by atoms with Gasteiger partial charge >= 0.3 is 6.09 Å². The summed E-state index contributed by atoms with van der Waals surface area (Å²) in [6.45, 7) is 0.611. The molecule has 0 aliphatic carbocycles. The van der Waals surface area contributed by atoms with Crippen molar-refractivity contribution >= 4 is 17.9 Å². The molecule has 1 amide bonds. The van der Waals surface area contributed by atoms with E-state index in [0.29, 0.717) is 11.8 Å². The van der Waals surface area contributed by atoms with Gasteiger partial charge in [-0.05, 0) is 12.2 Å². The van der Waals surface area contributed by atoms with Crippen molar-refractivity contribution in [3.05, 3.63) is 0 Å². The normalized spacial score (nSPS) is 24.7. The van der Waals surface area contributed by atoms with E-state index in [-0.39, 0.29) is 0 Å². The lowest BCUT2D eigenvalue weighted by Crippen LogP contribution is -2.33. The Hall–Kier alpha value is -0.380. The van der Waals surface area contributed by atoms with Crippen LogP contribution in [0.3, 0.4) is 0 Å². The summed E-state index contributed by atoms with van der Waals surface area (Å²) in [6.07, 6.45) is 0.243. The lowest BCUT2D eigenvalue weighted by atomic mass is 10.3. The molecule has 1 aliphatic rings. The quantitative estimate of drug-likeness (QED) is 0.606. The van der Waals surface area contributed by atoms with Gasteiger partial charge in [0.2, 0.25) is 0 Å². The van der Waals surface area contributed by atoms with Crippen molar-refractivity contribution in [2.24, 2.45) is 0 Å². The zero-order chi connectivity index (χ0) is 6.69. The second-order valence-electron chi connectivity index (χ2n) is 1.97. The molecule has 1 unspecified atom stereocenters. The monoisotopic (exact) mass is 147 g/mol. The van der Waals surface area contributed by atoms with Crippen LogP contribution < -0.4 is 5.32 Å². The Morgan fingerprint density at radius 3 is 2.89 bits per heavy atom. The molecular weight excluding hydrogens is 138 g/mol. The third kappa shape index (κ3) is 2.13. The highest BCUT2D eigenvalue weighted by molar-refractivity contribution is 8.01. The number of carboxylic acid groups (broad SMARTS) is 1. The Morgan fingerprint density at radius 2 is 2.56 bits per heavy atom. The maximum atomic E-state index is 9.92. The summed E-state index contributed by atoms with van der Waals surface area (Å²) in [4.78, 5) is 9.92. The first-order valence-corrected chi connectivity index (χ1v) is 3.92. The lowest BCUT2D eigenvalue weighted by Gasteiger charge is -2.23. The Balaban J connectivity index is 1.97. The standard InChI is InChI=1S/C5H9NO2S/c7-5(8)6-3-4-1-2-9-4/h4,6H,1-3H2,(H,7,8). The zero-order valence-electron chi connectivity index (χ0n) is 4.96. The highest BCUT2D eigenvalue weighted by Gasteiger charge is 2.17. The predicted octanol–water partition coefficient (Wildman–Crippen LogP) is 0.759. The van der Waals surface area contributed by atoms with Gasteiger partial charge in [0.25, 0.3) is 0 Å². The van der Waals surface area contributed by atoms with E-state index in [4.69, 9.17) is 5.11 Å². The molecule has 0 aromatic carbocycles. The fraction of sp³-hybridized carbons (Fsp3) is 0.800. The Kier molecular flexibility index (Phi) is 2.22. The van der Waals surface area contributed by atoms with Crippen LogP contribution >= 0.6 is 11.8 Å². The van der Waals surface area contributed by atoms with Crippen LogP contribution in [0.1, 0.15) is 6.42 Å². The van der Waals surface area contributed by atoms with Crippen molar-refractivity contribution < 1.29 is 9.90 Å². The number of carbonyl (C=O) groups is 1. The van der Waals surface area contributed by atoms with Crippen LogP contribution in [0.4, 0.5) is 4.79 Å². The van der Waals surface area contributed by atoms with Crippen molar-refractivity contribution in [2.75, 3.05) is 12.3 Å². The van der Waals surface area contributed by atoms with Crippen molar-refractivity contribution in [3.63, 3.8) is 0 Å². The average molecular weight is 147 g/mol. The van der Waals surface area contributed by atoms with Gasteiger partial charge < -0.3 is 10.4 Å². The molecule has 1 fully saturated rings. The van der Waals surface area contributed by atoms with Gasteiger partial charge in [-0.15, -0.1) is 0 Å². The number of nitrogens with one attached hydrogen (secondary N) is 1. The van der Waals surface area contributed by atoms with E-state index in [9.17, 15) is 4.79 Å². The molecule has 0 radical (unpaired) electrons. The predicted molar refractivity (Wildman–Crippen MR) is 36.9 cm³/mol. The Bertz CT molecular complexity index is 114. The lowest BCUT2D eigenvalue weighted by molar-refractivity contribution is 0.194. The molecule has 0 aromatic heterocycles. The molecule has 1 atom stereocenters. The highest BCUT2D eigenvalue weighted by Crippen LogP contribution is 2.26. The fourth-order valence-corrected chi connectivity index (χ4v) is 1.42. The third-order valence-electron chi connectivity index (χ3n) is 1.27. The van der Waals surface area contributed by atoms with E-state index in [1.165, 1.54) is 5.75 Å². The van der Waals surface area contributed by atoms with Crippen LogP contribution in [0.25, 0.3) is 0 Å². The minimum absolute atomic E-state index is 0.543. The van der Waals surface area contributed by atoms with Crippen molar-refractivity contribution in [2.45, 2.75) is 11.7 Å². The van der Waals surface area contributed by atoms with Gasteiger partial charge in [0, 0.05) is 11.8 Å². The Morgan fingerprint density at radius 1 is 1.89 bits per heavy atom. The van der Waals surface area contributed by atoms with Gasteiger partial charge in [-0.3, -0.25) is 0 Å². The summed E-state index contributed by atoms with van der Waals surface area (Å²) in [5.74, 6) is 1.19. The minimum atomic E-state index is -0.914. The second kappa shape index (κ2) is 2.96. The fourth-order valence-electron chi connectivity index (χ4n) is 0.647. The molecule has 0 bridgehead atoms. The van der Waals surface area contributed by atoms with E-state index in [0.717, 1.165) is 6.42 Å². The SMILES string of the molecule is O=C(O)NCC1CCS1. The van der Waals surface area contributed by atoms with E-state index in [1.807, 2.05) is 11.8 Å². The summed E-state index contributed by atoms with van der Waals surface area (Å²) in [6, 6.07) is 0. The number of amides is 1. The van der Waals surface area contributed by atoms with Crippen LogP contribution in [-0.4, -0.2) is 28.7 Å². The summed E-state index contributed by atoms with van der Waals surface area (Å²) >= 11 is 1.82. The largest absolute Gasteiger partial charge is 0.465 e. The first-order chi connectivity index (χ1) is 4.29. The molecule has 1 heterocycles. The summed E-state index contributed by atoms with van der Waals surface area (Å²) < 4.78 is 0. The number of hydrogen-bond acceptors (Lipinski definition) is 2. The molecule has 9 heavy (non-hydrogen) atoms. The summed E-state index contributed by atoms with van der Waals surface area (Å²) in [5, 5.41) is 11.0. The van der Waals surface area contributed by atoms with Crippen molar-refractivity contribution in [1.82, 2.24) is 5.32 Å². The van der Waals surface area contributed by atoms with Gasteiger partial charge in [-0.1, -0.05) is 0 Å².